The fourth-order valence-corrected chi connectivity index (χ4v) is 4.72. The maximum Gasteiger partial charge on any atom is 0.0388 e. The van der Waals surface area contributed by atoms with Gasteiger partial charge in [-0.3, -0.25) is 0 Å². The molecule has 1 unspecified atom stereocenters. The van der Waals surface area contributed by atoms with E-state index in [9.17, 15) is 0 Å². The highest BCUT2D eigenvalue weighted by Crippen LogP contribution is 2.31. The molecule has 1 fully saturated rings. The number of rotatable bonds is 4. The number of hydrogen-bond acceptors (Lipinski definition) is 2. The lowest BCUT2D eigenvalue weighted by Crippen LogP contribution is -2.35. The molecule has 0 amide bonds. The average Bonchev–Trinajstić information content (AvgIpc) is 2.73. The quantitative estimate of drug-likeness (QED) is 0.692. The van der Waals surface area contributed by atoms with Crippen molar-refractivity contribution in [3.05, 3.63) is 35.2 Å². The van der Waals surface area contributed by atoms with Crippen LogP contribution in [-0.2, 0) is 0 Å². The summed E-state index contributed by atoms with van der Waals surface area (Å²) in [6.07, 6.45) is 8.55. The lowest BCUT2D eigenvalue weighted by Gasteiger charge is -2.26. The molecule has 1 nitrogen and oxygen atoms in total. The Balaban J connectivity index is 1.65. The van der Waals surface area contributed by atoms with Crippen LogP contribution in [0, 0.1) is 5.92 Å². The Labute approximate surface area is 132 Å². The van der Waals surface area contributed by atoms with E-state index in [1.165, 1.54) is 53.5 Å². The van der Waals surface area contributed by atoms with Gasteiger partial charge in [0.2, 0.25) is 0 Å². The summed E-state index contributed by atoms with van der Waals surface area (Å²) < 4.78 is 1.41. The fraction of sp³-hybridized carbons (Fsp3) is 0.579. The van der Waals surface area contributed by atoms with E-state index in [2.05, 4.69) is 49.5 Å². The first-order valence-electron chi connectivity index (χ1n) is 8.48. The van der Waals surface area contributed by atoms with Crippen molar-refractivity contribution in [2.45, 2.75) is 64.5 Å². The summed E-state index contributed by atoms with van der Waals surface area (Å²) in [4.78, 5) is 1.47. The normalized spacial score (nSPS) is 20.3. The van der Waals surface area contributed by atoms with Gasteiger partial charge in [0.1, 0.15) is 0 Å². The minimum atomic E-state index is 0.459. The molecule has 2 heteroatoms. The van der Waals surface area contributed by atoms with E-state index in [-0.39, 0.29) is 0 Å². The SMILES string of the molecule is CC(N[C@@H](C)C1CCCCCC1)c1cc2ccccc2s1. The molecule has 1 aliphatic carbocycles. The van der Waals surface area contributed by atoms with Gasteiger partial charge >= 0.3 is 0 Å². The van der Waals surface area contributed by atoms with Gasteiger partial charge in [-0.2, -0.15) is 0 Å². The molecule has 0 aliphatic heterocycles. The van der Waals surface area contributed by atoms with E-state index >= 15 is 0 Å². The molecule has 2 atom stereocenters. The summed E-state index contributed by atoms with van der Waals surface area (Å²) in [6.45, 7) is 4.71. The third-order valence-corrected chi connectivity index (χ3v) is 6.29. The zero-order chi connectivity index (χ0) is 14.7. The summed E-state index contributed by atoms with van der Waals surface area (Å²) in [5.41, 5.74) is 0. The molecule has 0 spiro atoms. The van der Waals surface area contributed by atoms with Crippen LogP contribution in [0.2, 0.25) is 0 Å². The van der Waals surface area contributed by atoms with Crippen molar-refractivity contribution in [3.63, 3.8) is 0 Å². The smallest absolute Gasteiger partial charge is 0.0388 e. The van der Waals surface area contributed by atoms with Gasteiger partial charge in [0.25, 0.3) is 0 Å². The molecule has 1 aliphatic rings. The van der Waals surface area contributed by atoms with Crippen molar-refractivity contribution in [3.8, 4) is 0 Å². The minimum Gasteiger partial charge on any atom is -0.307 e. The number of nitrogens with one attached hydrogen (secondary N) is 1. The van der Waals surface area contributed by atoms with Crippen LogP contribution in [0.1, 0.15) is 63.3 Å². The van der Waals surface area contributed by atoms with Gasteiger partial charge in [0.15, 0.2) is 0 Å². The Hall–Kier alpha value is -0.860. The van der Waals surface area contributed by atoms with E-state index in [0.29, 0.717) is 12.1 Å². The summed E-state index contributed by atoms with van der Waals surface area (Å²) in [7, 11) is 0. The maximum atomic E-state index is 3.86. The Morgan fingerprint density at radius 1 is 1.05 bits per heavy atom. The zero-order valence-corrected chi connectivity index (χ0v) is 14.1. The highest BCUT2D eigenvalue weighted by atomic mass is 32.1. The molecule has 1 aromatic carbocycles. The molecule has 1 heterocycles. The summed E-state index contributed by atoms with van der Waals surface area (Å²) >= 11 is 1.94. The van der Waals surface area contributed by atoms with E-state index in [4.69, 9.17) is 0 Å². The lowest BCUT2D eigenvalue weighted by molar-refractivity contribution is 0.318. The molecule has 1 aromatic heterocycles. The van der Waals surface area contributed by atoms with Gasteiger partial charge in [0.05, 0.1) is 0 Å². The second-order valence-electron chi connectivity index (χ2n) is 6.62. The molecular formula is C19H27NS. The van der Waals surface area contributed by atoms with Crippen LogP contribution >= 0.6 is 11.3 Å². The average molecular weight is 301 g/mol. The Bertz CT molecular complexity index is 533. The van der Waals surface area contributed by atoms with Gasteiger partial charge in [-0.15, -0.1) is 11.3 Å². The van der Waals surface area contributed by atoms with Gasteiger partial charge in [0, 0.05) is 21.7 Å². The first-order chi connectivity index (χ1) is 10.2. The third kappa shape index (κ3) is 3.67. The highest BCUT2D eigenvalue weighted by Gasteiger charge is 2.21. The van der Waals surface area contributed by atoms with E-state index in [1.54, 1.807) is 0 Å². The van der Waals surface area contributed by atoms with E-state index < -0.39 is 0 Å². The zero-order valence-electron chi connectivity index (χ0n) is 13.3. The first kappa shape index (κ1) is 15.1. The number of fused-ring (bicyclic) bond motifs is 1. The molecule has 114 valence electrons. The Kier molecular flexibility index (Phi) is 4.97. The predicted molar refractivity (Wildman–Crippen MR) is 94.0 cm³/mol. The summed E-state index contributed by atoms with van der Waals surface area (Å²) in [6, 6.07) is 12.2. The Morgan fingerprint density at radius 2 is 1.76 bits per heavy atom. The number of benzene rings is 1. The molecule has 1 saturated carbocycles. The van der Waals surface area contributed by atoms with Gasteiger partial charge in [-0.25, -0.2) is 0 Å². The van der Waals surface area contributed by atoms with Crippen LogP contribution in [-0.4, -0.2) is 6.04 Å². The molecule has 3 rings (SSSR count). The third-order valence-electron chi connectivity index (χ3n) is 4.99. The van der Waals surface area contributed by atoms with Crippen LogP contribution in [0.25, 0.3) is 10.1 Å². The van der Waals surface area contributed by atoms with Crippen molar-refractivity contribution >= 4 is 21.4 Å². The second kappa shape index (κ2) is 6.93. The molecule has 1 N–H and O–H groups in total. The molecule has 0 radical (unpaired) electrons. The molecule has 0 bridgehead atoms. The minimum absolute atomic E-state index is 0.459. The summed E-state index contributed by atoms with van der Waals surface area (Å²) in [5.74, 6) is 0.865. The van der Waals surface area contributed by atoms with Crippen molar-refractivity contribution in [1.82, 2.24) is 5.32 Å². The van der Waals surface area contributed by atoms with Gasteiger partial charge < -0.3 is 5.32 Å². The van der Waals surface area contributed by atoms with Crippen LogP contribution in [0.4, 0.5) is 0 Å². The van der Waals surface area contributed by atoms with Crippen molar-refractivity contribution in [2.24, 2.45) is 5.92 Å². The monoisotopic (exact) mass is 301 g/mol. The van der Waals surface area contributed by atoms with Crippen LogP contribution < -0.4 is 5.32 Å². The molecule has 2 aromatic rings. The number of thiophene rings is 1. The van der Waals surface area contributed by atoms with Crippen molar-refractivity contribution in [2.75, 3.05) is 0 Å². The van der Waals surface area contributed by atoms with Crippen molar-refractivity contribution in [1.29, 1.82) is 0 Å². The van der Waals surface area contributed by atoms with Gasteiger partial charge in [-0.05, 0) is 50.1 Å². The summed E-state index contributed by atoms with van der Waals surface area (Å²) in [5, 5.41) is 5.25. The standard InChI is InChI=1S/C19H27NS/c1-14(16-9-5-3-4-6-10-16)20-15(2)19-13-17-11-7-8-12-18(17)21-19/h7-8,11-16,20H,3-6,9-10H2,1-2H3/t14-,15?/m0/s1. The number of hydrogen-bond donors (Lipinski definition) is 1. The second-order valence-corrected chi connectivity index (χ2v) is 7.73. The van der Waals surface area contributed by atoms with Gasteiger partial charge in [-0.1, -0.05) is 43.9 Å². The maximum absolute atomic E-state index is 3.86. The Morgan fingerprint density at radius 3 is 2.48 bits per heavy atom. The largest absolute Gasteiger partial charge is 0.307 e. The molecule has 21 heavy (non-hydrogen) atoms. The van der Waals surface area contributed by atoms with Crippen LogP contribution in [0.3, 0.4) is 0 Å². The molecule has 0 saturated heterocycles. The topological polar surface area (TPSA) is 12.0 Å². The highest BCUT2D eigenvalue weighted by molar-refractivity contribution is 7.19. The fourth-order valence-electron chi connectivity index (χ4n) is 3.64. The lowest BCUT2D eigenvalue weighted by atomic mass is 9.92. The van der Waals surface area contributed by atoms with Crippen LogP contribution in [0.5, 0.6) is 0 Å². The van der Waals surface area contributed by atoms with Crippen molar-refractivity contribution < 1.29 is 0 Å². The predicted octanol–water partition coefficient (Wildman–Crippen LogP) is 5.91. The van der Waals surface area contributed by atoms with E-state index in [1.807, 2.05) is 11.3 Å². The van der Waals surface area contributed by atoms with E-state index in [0.717, 1.165) is 5.92 Å². The molecular weight excluding hydrogens is 274 g/mol. The first-order valence-corrected chi connectivity index (χ1v) is 9.30. The van der Waals surface area contributed by atoms with Crippen LogP contribution in [0.15, 0.2) is 30.3 Å².